The van der Waals surface area contributed by atoms with Gasteiger partial charge in [0.2, 0.25) is 0 Å². The highest BCUT2D eigenvalue weighted by molar-refractivity contribution is 7.09. The van der Waals surface area contributed by atoms with Crippen LogP contribution in [0.3, 0.4) is 0 Å². The molecule has 7 heteroatoms. The third kappa shape index (κ3) is 3.19. The van der Waals surface area contributed by atoms with Gasteiger partial charge in [-0.05, 0) is 33.8 Å². The highest BCUT2D eigenvalue weighted by Gasteiger charge is 2.17. The Morgan fingerprint density at radius 2 is 2.09 bits per heavy atom. The molecule has 0 aliphatic heterocycles. The van der Waals surface area contributed by atoms with Crippen LogP contribution in [0.15, 0.2) is 11.4 Å². The zero-order valence-corrected chi connectivity index (χ0v) is 13.8. The molecule has 0 atom stereocenters. The van der Waals surface area contributed by atoms with Gasteiger partial charge in [0.15, 0.2) is 5.69 Å². The molecule has 0 unspecified atom stereocenters. The summed E-state index contributed by atoms with van der Waals surface area (Å²) in [5, 5.41) is 13.7. The molecule has 2 N–H and O–H groups in total. The second-order valence-corrected chi connectivity index (χ2v) is 6.31. The smallest absolute Gasteiger partial charge is 0.355 e. The number of nitrogens with zero attached hydrogens (tertiary/aromatic N) is 2. The maximum atomic E-state index is 12.3. The van der Waals surface area contributed by atoms with E-state index < -0.39 is 5.97 Å². The summed E-state index contributed by atoms with van der Waals surface area (Å²) in [6.45, 7) is 8.27. The molecule has 0 aliphatic rings. The number of carboxylic acid groups (broad SMARTS) is 1. The Morgan fingerprint density at radius 1 is 1.41 bits per heavy atom. The molecular weight excluding hydrogens is 302 g/mol. The fourth-order valence-corrected chi connectivity index (χ4v) is 3.25. The molecule has 0 saturated carbocycles. The molecule has 118 valence electrons. The maximum absolute atomic E-state index is 12.3. The van der Waals surface area contributed by atoms with E-state index in [2.05, 4.69) is 28.7 Å². The zero-order valence-electron chi connectivity index (χ0n) is 13.0. The summed E-state index contributed by atoms with van der Waals surface area (Å²) >= 11 is 1.22. The predicted octanol–water partition coefficient (Wildman–Crippen LogP) is 2.77. The number of thiazole rings is 1. The summed E-state index contributed by atoms with van der Waals surface area (Å²) in [6, 6.07) is 2.16. The van der Waals surface area contributed by atoms with Crippen molar-refractivity contribution in [3.8, 4) is 0 Å². The van der Waals surface area contributed by atoms with E-state index in [1.165, 1.54) is 16.7 Å². The minimum absolute atomic E-state index is 0.00670. The molecule has 22 heavy (non-hydrogen) atoms. The molecular formula is C15H19N3O3S. The molecule has 2 heterocycles. The average Bonchev–Trinajstić information content (AvgIpc) is 3.01. The molecule has 0 saturated heterocycles. The lowest BCUT2D eigenvalue weighted by molar-refractivity contribution is 0.0691. The molecule has 6 nitrogen and oxygen atoms in total. The Morgan fingerprint density at radius 3 is 2.59 bits per heavy atom. The third-order valence-electron chi connectivity index (χ3n) is 3.42. The Hall–Kier alpha value is -2.15. The summed E-state index contributed by atoms with van der Waals surface area (Å²) in [5.41, 5.74) is 2.61. The summed E-state index contributed by atoms with van der Waals surface area (Å²) in [4.78, 5) is 27.0. The standard InChI is InChI=1S/C15H19N3O3S/c1-8(2)18-9(3)5-11(10(18)4)14(19)16-6-13-17-12(7-22-13)15(20)21/h5,7-8H,6H2,1-4H3,(H,16,19)(H,20,21). The van der Waals surface area contributed by atoms with E-state index in [9.17, 15) is 9.59 Å². The molecule has 0 radical (unpaired) electrons. The van der Waals surface area contributed by atoms with Crippen molar-refractivity contribution in [2.24, 2.45) is 0 Å². The summed E-state index contributed by atoms with van der Waals surface area (Å²) in [5.74, 6) is -1.23. The average molecular weight is 321 g/mol. The minimum atomic E-state index is -1.06. The van der Waals surface area contributed by atoms with Crippen LogP contribution in [0.2, 0.25) is 0 Å². The molecule has 2 rings (SSSR count). The van der Waals surface area contributed by atoms with E-state index in [-0.39, 0.29) is 18.1 Å². The summed E-state index contributed by atoms with van der Waals surface area (Å²) in [6.07, 6.45) is 0. The van der Waals surface area contributed by atoms with E-state index >= 15 is 0 Å². The quantitative estimate of drug-likeness (QED) is 0.887. The van der Waals surface area contributed by atoms with Gasteiger partial charge in [-0.25, -0.2) is 9.78 Å². The lowest BCUT2D eigenvalue weighted by Crippen LogP contribution is -2.23. The van der Waals surface area contributed by atoms with Gasteiger partial charge in [-0.1, -0.05) is 0 Å². The first-order valence-electron chi connectivity index (χ1n) is 6.95. The number of rotatable bonds is 5. The second kappa shape index (κ2) is 6.31. The van der Waals surface area contributed by atoms with Crippen molar-refractivity contribution in [2.45, 2.75) is 40.3 Å². The summed E-state index contributed by atoms with van der Waals surface area (Å²) in [7, 11) is 0. The molecule has 1 amide bonds. The van der Waals surface area contributed by atoms with Gasteiger partial charge in [0.1, 0.15) is 5.01 Å². The Balaban J connectivity index is 2.09. The highest BCUT2D eigenvalue weighted by Crippen LogP contribution is 2.20. The normalized spacial score (nSPS) is 11.0. The van der Waals surface area contributed by atoms with Gasteiger partial charge >= 0.3 is 5.97 Å². The zero-order chi connectivity index (χ0) is 16.4. The number of carboxylic acids is 1. The molecule has 2 aromatic rings. The largest absolute Gasteiger partial charge is 0.476 e. The van der Waals surface area contributed by atoms with Crippen molar-refractivity contribution in [2.75, 3.05) is 0 Å². The number of carbonyl (C=O) groups excluding carboxylic acids is 1. The van der Waals surface area contributed by atoms with E-state index in [0.29, 0.717) is 16.6 Å². The van der Waals surface area contributed by atoms with Crippen LogP contribution in [0.4, 0.5) is 0 Å². The van der Waals surface area contributed by atoms with E-state index in [1.54, 1.807) is 0 Å². The SMILES string of the molecule is Cc1cc(C(=O)NCc2nc(C(=O)O)cs2)c(C)n1C(C)C. The first kappa shape index (κ1) is 16.2. The van der Waals surface area contributed by atoms with E-state index in [1.807, 2.05) is 19.9 Å². The van der Waals surface area contributed by atoms with Crippen LogP contribution in [0.1, 0.15) is 57.1 Å². The van der Waals surface area contributed by atoms with Crippen molar-refractivity contribution in [1.29, 1.82) is 0 Å². The van der Waals surface area contributed by atoms with Crippen LogP contribution in [0.5, 0.6) is 0 Å². The Bertz CT molecular complexity index is 716. The summed E-state index contributed by atoms with van der Waals surface area (Å²) < 4.78 is 2.11. The maximum Gasteiger partial charge on any atom is 0.355 e. The molecule has 0 spiro atoms. The van der Waals surface area contributed by atoms with Gasteiger partial charge < -0.3 is 15.0 Å². The van der Waals surface area contributed by atoms with Crippen molar-refractivity contribution in [1.82, 2.24) is 14.9 Å². The molecule has 0 aliphatic carbocycles. The number of carbonyl (C=O) groups is 2. The Labute approximate surface area is 132 Å². The minimum Gasteiger partial charge on any atom is -0.476 e. The van der Waals surface area contributed by atoms with Gasteiger partial charge in [0.05, 0.1) is 12.1 Å². The number of aromatic carboxylic acids is 1. The predicted molar refractivity (Wildman–Crippen MR) is 84.5 cm³/mol. The van der Waals surface area contributed by atoms with Gasteiger partial charge in [0, 0.05) is 22.8 Å². The van der Waals surface area contributed by atoms with Gasteiger partial charge in [0.25, 0.3) is 5.91 Å². The van der Waals surface area contributed by atoms with Gasteiger partial charge in [-0.15, -0.1) is 11.3 Å². The van der Waals surface area contributed by atoms with Crippen LogP contribution in [0, 0.1) is 13.8 Å². The molecule has 0 fully saturated rings. The second-order valence-electron chi connectivity index (χ2n) is 5.36. The third-order valence-corrected chi connectivity index (χ3v) is 4.27. The van der Waals surface area contributed by atoms with E-state index in [0.717, 1.165) is 11.4 Å². The lowest BCUT2D eigenvalue weighted by Gasteiger charge is -2.13. The van der Waals surface area contributed by atoms with Crippen LogP contribution in [0.25, 0.3) is 0 Å². The number of hydrogen-bond donors (Lipinski definition) is 2. The van der Waals surface area contributed by atoms with Crippen LogP contribution >= 0.6 is 11.3 Å². The van der Waals surface area contributed by atoms with Crippen molar-refractivity contribution < 1.29 is 14.7 Å². The monoisotopic (exact) mass is 321 g/mol. The van der Waals surface area contributed by atoms with Crippen molar-refractivity contribution in [3.63, 3.8) is 0 Å². The molecule has 2 aromatic heterocycles. The van der Waals surface area contributed by atoms with Crippen molar-refractivity contribution in [3.05, 3.63) is 39.1 Å². The number of aryl methyl sites for hydroxylation is 1. The topological polar surface area (TPSA) is 84.2 Å². The number of amides is 1. The Kier molecular flexibility index (Phi) is 4.65. The number of aromatic nitrogens is 2. The fourth-order valence-electron chi connectivity index (χ4n) is 2.54. The first-order valence-corrected chi connectivity index (χ1v) is 7.83. The van der Waals surface area contributed by atoms with Crippen LogP contribution in [-0.2, 0) is 6.54 Å². The van der Waals surface area contributed by atoms with E-state index in [4.69, 9.17) is 5.11 Å². The van der Waals surface area contributed by atoms with Crippen LogP contribution in [-0.4, -0.2) is 26.5 Å². The van der Waals surface area contributed by atoms with Gasteiger partial charge in [-0.3, -0.25) is 4.79 Å². The first-order chi connectivity index (χ1) is 10.3. The number of nitrogens with one attached hydrogen (secondary N) is 1. The van der Waals surface area contributed by atoms with Crippen molar-refractivity contribution >= 4 is 23.2 Å². The lowest BCUT2D eigenvalue weighted by atomic mass is 10.2. The molecule has 0 aromatic carbocycles. The van der Waals surface area contributed by atoms with Crippen LogP contribution < -0.4 is 5.32 Å². The molecule has 0 bridgehead atoms. The van der Waals surface area contributed by atoms with Gasteiger partial charge in [-0.2, -0.15) is 0 Å². The fraction of sp³-hybridized carbons (Fsp3) is 0.400. The number of hydrogen-bond acceptors (Lipinski definition) is 4. The highest BCUT2D eigenvalue weighted by atomic mass is 32.1.